The quantitative estimate of drug-likeness (QED) is 0.459. The summed E-state index contributed by atoms with van der Waals surface area (Å²) in [6.07, 6.45) is 0.727. The van der Waals surface area contributed by atoms with Crippen LogP contribution in [0.5, 0.6) is 23.0 Å². The first-order valence-corrected chi connectivity index (χ1v) is 11.0. The second-order valence-corrected chi connectivity index (χ2v) is 7.84. The van der Waals surface area contributed by atoms with Crippen molar-refractivity contribution in [3.63, 3.8) is 0 Å². The molecule has 0 radical (unpaired) electrons. The topological polar surface area (TPSA) is 88.0 Å². The predicted molar refractivity (Wildman–Crippen MR) is 131 cm³/mol. The fourth-order valence-corrected chi connectivity index (χ4v) is 3.39. The van der Waals surface area contributed by atoms with Crippen LogP contribution >= 0.6 is 11.6 Å². The zero-order valence-electron chi connectivity index (χ0n) is 19.5. The fourth-order valence-electron chi connectivity index (χ4n) is 3.22. The van der Waals surface area contributed by atoms with Crippen LogP contribution in [0.3, 0.4) is 0 Å². The lowest BCUT2D eigenvalue weighted by molar-refractivity contribution is -0.122. The molecule has 0 aliphatic carbocycles. The molecule has 0 saturated heterocycles. The predicted octanol–water partition coefficient (Wildman–Crippen LogP) is 4.31. The van der Waals surface area contributed by atoms with Crippen LogP contribution in [0.1, 0.15) is 12.6 Å². The Labute approximate surface area is 203 Å². The van der Waals surface area contributed by atoms with Gasteiger partial charge in [-0.1, -0.05) is 11.6 Å². The van der Waals surface area contributed by atoms with Gasteiger partial charge in [-0.05, 0) is 56.3 Å². The summed E-state index contributed by atoms with van der Waals surface area (Å²) >= 11 is 6.02. The number of pyridine rings is 1. The molecule has 34 heavy (non-hydrogen) atoms. The minimum Gasteiger partial charge on any atom is -0.497 e. The van der Waals surface area contributed by atoms with Crippen LogP contribution < -0.4 is 29.7 Å². The van der Waals surface area contributed by atoms with Gasteiger partial charge in [0.15, 0.2) is 11.9 Å². The number of rotatable bonds is 10. The molecule has 2 aromatic carbocycles. The molecule has 0 saturated carbocycles. The Hall–Kier alpha value is -3.65. The lowest BCUT2D eigenvalue weighted by atomic mass is 10.2. The largest absolute Gasteiger partial charge is 0.497 e. The molecule has 0 aliphatic heterocycles. The van der Waals surface area contributed by atoms with Crippen molar-refractivity contribution >= 4 is 23.2 Å². The van der Waals surface area contributed by atoms with Crippen LogP contribution in [-0.4, -0.2) is 37.4 Å². The van der Waals surface area contributed by atoms with Crippen LogP contribution in [0, 0.1) is 6.92 Å². The van der Waals surface area contributed by atoms with Gasteiger partial charge in [-0.3, -0.25) is 9.59 Å². The lowest BCUT2D eigenvalue weighted by Crippen LogP contribution is -2.32. The molecule has 3 aromatic rings. The maximum Gasteiger partial charge on any atom is 0.265 e. The molecule has 0 spiro atoms. The fraction of sp³-hybridized carbons (Fsp3) is 0.280. The number of benzene rings is 2. The van der Waals surface area contributed by atoms with Crippen molar-refractivity contribution in [2.24, 2.45) is 0 Å². The molecule has 1 unspecified atom stereocenters. The number of amides is 1. The smallest absolute Gasteiger partial charge is 0.265 e. The van der Waals surface area contributed by atoms with Crippen molar-refractivity contribution in [1.29, 1.82) is 0 Å². The minimum absolute atomic E-state index is 0.104. The SMILES string of the molecule is COc1ccc(OCCn2ccc(=O)c(OC(C)C(=O)Nc3cc(Cl)ccc3OC)c2C)cc1. The van der Waals surface area contributed by atoms with E-state index in [-0.39, 0.29) is 11.2 Å². The molecule has 1 aromatic heterocycles. The van der Waals surface area contributed by atoms with E-state index in [0.717, 1.165) is 5.75 Å². The molecule has 0 bridgehead atoms. The third-order valence-electron chi connectivity index (χ3n) is 5.13. The molecular weight excluding hydrogens is 460 g/mol. The number of anilines is 1. The number of hydrogen-bond acceptors (Lipinski definition) is 6. The van der Waals surface area contributed by atoms with E-state index < -0.39 is 12.0 Å². The highest BCUT2D eigenvalue weighted by molar-refractivity contribution is 6.31. The molecule has 0 aliphatic rings. The van der Waals surface area contributed by atoms with Gasteiger partial charge in [0.05, 0.1) is 32.1 Å². The van der Waals surface area contributed by atoms with E-state index in [0.29, 0.717) is 41.1 Å². The first-order valence-electron chi connectivity index (χ1n) is 10.6. The Bertz CT molecular complexity index is 1190. The van der Waals surface area contributed by atoms with E-state index in [4.69, 9.17) is 30.5 Å². The molecule has 180 valence electrons. The average Bonchev–Trinajstić information content (AvgIpc) is 2.83. The highest BCUT2D eigenvalue weighted by Gasteiger charge is 2.20. The van der Waals surface area contributed by atoms with Crippen LogP contribution in [0.15, 0.2) is 59.5 Å². The number of aromatic nitrogens is 1. The summed E-state index contributed by atoms with van der Waals surface area (Å²) in [5, 5.41) is 3.17. The van der Waals surface area contributed by atoms with Crippen molar-refractivity contribution in [2.75, 3.05) is 26.1 Å². The first kappa shape index (κ1) is 25.0. The zero-order chi connectivity index (χ0) is 24.7. The summed E-state index contributed by atoms with van der Waals surface area (Å²) in [5.41, 5.74) is 0.684. The van der Waals surface area contributed by atoms with E-state index in [2.05, 4.69) is 5.32 Å². The monoisotopic (exact) mass is 486 g/mol. The molecule has 1 amide bonds. The number of hydrogen-bond donors (Lipinski definition) is 1. The normalized spacial score (nSPS) is 11.4. The minimum atomic E-state index is -0.943. The van der Waals surface area contributed by atoms with E-state index in [1.165, 1.54) is 13.2 Å². The van der Waals surface area contributed by atoms with E-state index >= 15 is 0 Å². The molecule has 1 heterocycles. The van der Waals surface area contributed by atoms with E-state index in [9.17, 15) is 9.59 Å². The third kappa shape index (κ3) is 6.23. The van der Waals surface area contributed by atoms with Gasteiger partial charge in [-0.25, -0.2) is 0 Å². The van der Waals surface area contributed by atoms with Crippen molar-refractivity contribution in [3.05, 3.63) is 75.7 Å². The van der Waals surface area contributed by atoms with Crippen molar-refractivity contribution in [3.8, 4) is 23.0 Å². The number of methoxy groups -OCH3 is 2. The molecule has 9 heteroatoms. The second kappa shape index (κ2) is 11.5. The van der Waals surface area contributed by atoms with Crippen LogP contribution in [0.4, 0.5) is 5.69 Å². The molecule has 1 atom stereocenters. The van der Waals surface area contributed by atoms with Crippen molar-refractivity contribution in [1.82, 2.24) is 4.57 Å². The summed E-state index contributed by atoms with van der Waals surface area (Å²) in [4.78, 5) is 25.2. The van der Waals surface area contributed by atoms with Gasteiger partial charge >= 0.3 is 0 Å². The lowest BCUT2D eigenvalue weighted by Gasteiger charge is -2.19. The molecule has 1 N–H and O–H groups in total. The summed E-state index contributed by atoms with van der Waals surface area (Å²) in [5.74, 6) is 1.57. The number of ether oxygens (including phenoxy) is 4. The Balaban J connectivity index is 1.66. The van der Waals surface area contributed by atoms with Crippen molar-refractivity contribution in [2.45, 2.75) is 26.5 Å². The number of carbonyl (C=O) groups excluding carboxylic acids is 1. The molecular formula is C25H27ClN2O6. The van der Waals surface area contributed by atoms with Crippen LogP contribution in [0.2, 0.25) is 5.02 Å². The summed E-state index contributed by atoms with van der Waals surface area (Å²) < 4.78 is 23.8. The molecule has 0 fully saturated rings. The van der Waals surface area contributed by atoms with Gasteiger partial charge in [0, 0.05) is 17.3 Å². The Morgan fingerprint density at radius 3 is 2.44 bits per heavy atom. The van der Waals surface area contributed by atoms with Crippen LogP contribution in [-0.2, 0) is 11.3 Å². The Morgan fingerprint density at radius 1 is 1.06 bits per heavy atom. The van der Waals surface area contributed by atoms with Gasteiger partial charge in [-0.15, -0.1) is 0 Å². The number of carbonyl (C=O) groups is 1. The molecule has 3 rings (SSSR count). The third-order valence-corrected chi connectivity index (χ3v) is 5.37. The average molecular weight is 487 g/mol. The highest BCUT2D eigenvalue weighted by atomic mass is 35.5. The number of nitrogens with one attached hydrogen (secondary N) is 1. The zero-order valence-corrected chi connectivity index (χ0v) is 20.2. The van der Waals surface area contributed by atoms with Gasteiger partial charge in [-0.2, -0.15) is 0 Å². The highest BCUT2D eigenvalue weighted by Crippen LogP contribution is 2.28. The first-order chi connectivity index (χ1) is 16.3. The van der Waals surface area contributed by atoms with Gasteiger partial charge in [0.2, 0.25) is 5.43 Å². The summed E-state index contributed by atoms with van der Waals surface area (Å²) in [6, 6.07) is 13.6. The summed E-state index contributed by atoms with van der Waals surface area (Å²) in [7, 11) is 3.10. The Kier molecular flexibility index (Phi) is 8.43. The Morgan fingerprint density at radius 2 is 1.76 bits per heavy atom. The van der Waals surface area contributed by atoms with Gasteiger partial charge in [0.1, 0.15) is 23.9 Å². The van der Waals surface area contributed by atoms with Crippen molar-refractivity contribution < 1.29 is 23.7 Å². The summed E-state index contributed by atoms with van der Waals surface area (Å²) in [6.45, 7) is 4.18. The molecule has 8 nitrogen and oxygen atoms in total. The maximum absolute atomic E-state index is 12.7. The van der Waals surface area contributed by atoms with Gasteiger partial charge in [0.25, 0.3) is 5.91 Å². The van der Waals surface area contributed by atoms with E-state index in [1.807, 2.05) is 28.8 Å². The standard InChI is InChI=1S/C25H27ClN2O6/c1-16-24(34-17(2)25(30)27-21-15-18(26)5-10-23(21)32-4)22(29)11-12-28(16)13-14-33-20-8-6-19(31-3)7-9-20/h5-12,15,17H,13-14H2,1-4H3,(H,27,30). The van der Waals surface area contributed by atoms with E-state index in [1.54, 1.807) is 45.4 Å². The maximum atomic E-state index is 12.7. The number of nitrogens with zero attached hydrogens (tertiary/aromatic N) is 1. The second-order valence-electron chi connectivity index (χ2n) is 7.41. The van der Waals surface area contributed by atoms with Gasteiger partial charge < -0.3 is 28.8 Å². The number of halogens is 1. The van der Waals surface area contributed by atoms with Crippen LogP contribution in [0.25, 0.3) is 0 Å².